The minimum Gasteiger partial charge on any atom is -0.466 e. The van der Waals surface area contributed by atoms with Crippen molar-refractivity contribution in [2.45, 2.75) is 59.8 Å². The van der Waals surface area contributed by atoms with Gasteiger partial charge in [0.2, 0.25) is 0 Å². The van der Waals surface area contributed by atoms with Crippen LogP contribution in [0.1, 0.15) is 59.8 Å². The third-order valence-corrected chi connectivity index (χ3v) is 1.55. The summed E-state index contributed by atoms with van der Waals surface area (Å²) < 4.78 is 4.40. The summed E-state index contributed by atoms with van der Waals surface area (Å²) in [6.45, 7) is 8.14. The van der Waals surface area contributed by atoms with Crippen LogP contribution in [0.4, 0.5) is 0 Å². The maximum atomic E-state index is 9.82. The van der Waals surface area contributed by atoms with Gasteiger partial charge in [-0.1, -0.05) is 46.0 Å². The smallest absolute Gasteiger partial charge is 0.302 e. The van der Waals surface area contributed by atoms with Crippen LogP contribution >= 0.6 is 0 Å². The van der Waals surface area contributed by atoms with Crippen LogP contribution in [0, 0.1) is 0 Å². The normalized spacial score (nSPS) is 7.47. The highest BCUT2D eigenvalue weighted by atomic mass is 16.5. The molecular formula is C11H29NO3. The number of rotatable bonds is 5. The molecular weight excluding hydrogens is 194 g/mol. The fourth-order valence-corrected chi connectivity index (χ4v) is 0.880. The zero-order valence-corrected chi connectivity index (χ0v) is 10.8. The molecule has 0 spiro atoms. The molecule has 0 unspecified atom stereocenters. The first-order valence-electron chi connectivity index (χ1n) is 5.32. The lowest BCUT2D eigenvalue weighted by Gasteiger charge is -1.90. The Morgan fingerprint density at radius 2 is 1.40 bits per heavy atom. The first-order valence-corrected chi connectivity index (χ1v) is 5.32. The number of esters is 1. The van der Waals surface area contributed by atoms with E-state index in [0.717, 1.165) is 0 Å². The molecule has 0 bridgehead atoms. The van der Waals surface area contributed by atoms with Crippen LogP contribution in [-0.4, -0.2) is 18.1 Å². The van der Waals surface area contributed by atoms with Crippen molar-refractivity contribution in [3.05, 3.63) is 0 Å². The van der Waals surface area contributed by atoms with E-state index in [1.807, 2.05) is 0 Å². The Morgan fingerprint density at radius 1 is 1.00 bits per heavy atom. The van der Waals surface area contributed by atoms with E-state index in [4.69, 9.17) is 0 Å². The molecule has 0 amide bonds. The monoisotopic (exact) mass is 223 g/mol. The van der Waals surface area contributed by atoms with Gasteiger partial charge in [-0.2, -0.15) is 0 Å². The fourth-order valence-electron chi connectivity index (χ4n) is 0.880. The zero-order chi connectivity index (χ0) is 10.5. The van der Waals surface area contributed by atoms with Crippen LogP contribution < -0.4 is 6.15 Å². The summed E-state index contributed by atoms with van der Waals surface area (Å²) in [5.74, 6) is -0.211. The highest BCUT2D eigenvalue weighted by Gasteiger charge is 1.81. The van der Waals surface area contributed by atoms with Crippen molar-refractivity contribution in [2.24, 2.45) is 0 Å². The summed E-state index contributed by atoms with van der Waals surface area (Å²) in [6.07, 6.45) is 7.01. The van der Waals surface area contributed by atoms with Gasteiger partial charge < -0.3 is 16.4 Å². The zero-order valence-electron chi connectivity index (χ0n) is 10.8. The van der Waals surface area contributed by atoms with Gasteiger partial charge in [0.25, 0.3) is 0 Å². The standard InChI is InChI=1S/C7H16.C4H8O2.H3N.H2O/c1-3-5-7-6-4-2;1-3-6-4(2)5;;/h3-7H2,1-2H3;3H2,1-2H3;1H3;1H2. The molecule has 96 valence electrons. The van der Waals surface area contributed by atoms with Crippen LogP contribution in [0.25, 0.3) is 0 Å². The molecule has 0 heterocycles. The summed E-state index contributed by atoms with van der Waals surface area (Å²) in [7, 11) is 0. The lowest BCUT2D eigenvalue weighted by atomic mass is 10.2. The van der Waals surface area contributed by atoms with Crippen molar-refractivity contribution >= 4 is 5.97 Å². The van der Waals surface area contributed by atoms with Crippen LogP contribution in [-0.2, 0) is 9.53 Å². The summed E-state index contributed by atoms with van der Waals surface area (Å²) in [4.78, 5) is 9.82. The highest BCUT2D eigenvalue weighted by Crippen LogP contribution is 2.00. The van der Waals surface area contributed by atoms with Crippen molar-refractivity contribution in [1.29, 1.82) is 0 Å². The molecule has 4 nitrogen and oxygen atoms in total. The van der Waals surface area contributed by atoms with Crippen LogP contribution in [0.5, 0.6) is 0 Å². The maximum absolute atomic E-state index is 9.82. The molecule has 0 saturated heterocycles. The third-order valence-electron chi connectivity index (χ3n) is 1.55. The van der Waals surface area contributed by atoms with Crippen LogP contribution in [0.3, 0.4) is 0 Å². The van der Waals surface area contributed by atoms with E-state index < -0.39 is 0 Å². The van der Waals surface area contributed by atoms with Crippen LogP contribution in [0.2, 0.25) is 0 Å². The van der Waals surface area contributed by atoms with E-state index in [0.29, 0.717) is 6.61 Å². The number of carbonyl (C=O) groups excluding carboxylic acids is 1. The number of carbonyl (C=O) groups is 1. The van der Waals surface area contributed by atoms with E-state index in [2.05, 4.69) is 18.6 Å². The topological polar surface area (TPSA) is 92.8 Å². The number of unbranched alkanes of at least 4 members (excludes halogenated alkanes) is 4. The van der Waals surface area contributed by atoms with E-state index in [-0.39, 0.29) is 17.6 Å². The molecule has 4 heteroatoms. The SMILES string of the molecule is CCCCCCC.CCOC(C)=O.N.O. The largest absolute Gasteiger partial charge is 0.466 e. The van der Waals surface area contributed by atoms with Gasteiger partial charge in [-0.3, -0.25) is 4.79 Å². The van der Waals surface area contributed by atoms with Gasteiger partial charge in [0.15, 0.2) is 0 Å². The highest BCUT2D eigenvalue weighted by molar-refractivity contribution is 5.65. The predicted octanol–water partition coefficient (Wildman–Crippen LogP) is 2.88. The lowest BCUT2D eigenvalue weighted by molar-refractivity contribution is -0.140. The molecule has 0 aliphatic heterocycles. The molecule has 5 N–H and O–H groups in total. The first-order chi connectivity index (χ1) is 6.18. The second-order valence-electron chi connectivity index (χ2n) is 2.99. The Bertz CT molecular complexity index is 104. The van der Waals surface area contributed by atoms with Gasteiger partial charge in [0.05, 0.1) is 6.61 Å². The Hall–Kier alpha value is -0.610. The first kappa shape index (κ1) is 23.9. The number of hydrogen-bond donors (Lipinski definition) is 1. The molecule has 0 aliphatic rings. The summed E-state index contributed by atoms with van der Waals surface area (Å²) in [5.41, 5.74) is 0. The van der Waals surface area contributed by atoms with E-state index >= 15 is 0 Å². The van der Waals surface area contributed by atoms with Gasteiger partial charge in [0.1, 0.15) is 0 Å². The molecule has 0 atom stereocenters. The Kier molecular flexibility index (Phi) is 37.1. The van der Waals surface area contributed by atoms with Gasteiger partial charge in [-0.05, 0) is 6.92 Å². The van der Waals surface area contributed by atoms with E-state index in [1.165, 1.54) is 39.0 Å². The van der Waals surface area contributed by atoms with Gasteiger partial charge in [-0.25, -0.2) is 0 Å². The second-order valence-corrected chi connectivity index (χ2v) is 2.99. The quantitative estimate of drug-likeness (QED) is 0.573. The average molecular weight is 223 g/mol. The molecule has 15 heavy (non-hydrogen) atoms. The Balaban J connectivity index is -0.0000000718. The average Bonchev–Trinajstić information content (AvgIpc) is 2.06. The van der Waals surface area contributed by atoms with Crippen molar-refractivity contribution < 1.29 is 15.0 Å². The fraction of sp³-hybridized carbons (Fsp3) is 0.909. The van der Waals surface area contributed by atoms with Crippen molar-refractivity contribution in [3.63, 3.8) is 0 Å². The molecule has 0 aliphatic carbocycles. The molecule has 0 radical (unpaired) electrons. The number of hydrogen-bond acceptors (Lipinski definition) is 3. The summed E-state index contributed by atoms with van der Waals surface area (Å²) >= 11 is 0. The number of ether oxygens (including phenoxy) is 1. The molecule has 0 aromatic heterocycles. The second kappa shape index (κ2) is 23.3. The van der Waals surface area contributed by atoms with Crippen molar-refractivity contribution in [2.75, 3.05) is 6.61 Å². The molecule has 0 rings (SSSR count). The maximum Gasteiger partial charge on any atom is 0.302 e. The Labute approximate surface area is 94.3 Å². The van der Waals surface area contributed by atoms with Gasteiger partial charge in [-0.15, -0.1) is 0 Å². The van der Waals surface area contributed by atoms with E-state index in [9.17, 15) is 4.79 Å². The van der Waals surface area contributed by atoms with Crippen molar-refractivity contribution in [3.8, 4) is 0 Å². The van der Waals surface area contributed by atoms with Gasteiger partial charge >= 0.3 is 5.97 Å². The van der Waals surface area contributed by atoms with Crippen molar-refractivity contribution in [1.82, 2.24) is 6.15 Å². The summed E-state index contributed by atoms with van der Waals surface area (Å²) in [6, 6.07) is 0. The minimum absolute atomic E-state index is 0. The summed E-state index contributed by atoms with van der Waals surface area (Å²) in [5, 5.41) is 0. The Morgan fingerprint density at radius 3 is 1.53 bits per heavy atom. The molecule has 0 saturated carbocycles. The predicted molar refractivity (Wildman–Crippen MR) is 65.4 cm³/mol. The van der Waals surface area contributed by atoms with Crippen LogP contribution in [0.15, 0.2) is 0 Å². The lowest BCUT2D eigenvalue weighted by Crippen LogP contribution is -1.95. The van der Waals surface area contributed by atoms with E-state index in [1.54, 1.807) is 6.92 Å². The molecule has 0 aromatic carbocycles. The molecule has 0 fully saturated rings. The molecule has 0 aromatic rings. The third kappa shape index (κ3) is 42.5. The van der Waals surface area contributed by atoms with Gasteiger partial charge in [0, 0.05) is 6.92 Å². The minimum atomic E-state index is -0.211.